The number of aryl methyl sites for hydroxylation is 2. The second kappa shape index (κ2) is 8.20. The number of methoxy groups -OCH3 is 2. The Kier molecular flexibility index (Phi) is 6.01. The van der Waals surface area contributed by atoms with E-state index >= 15 is 0 Å². The van der Waals surface area contributed by atoms with Crippen LogP contribution in [0.3, 0.4) is 0 Å². The lowest BCUT2D eigenvalue weighted by Crippen LogP contribution is -2.16. The number of benzene rings is 1. The van der Waals surface area contributed by atoms with Crippen LogP contribution in [0.25, 0.3) is 0 Å². The fourth-order valence-corrected chi connectivity index (χ4v) is 2.41. The third-order valence-corrected chi connectivity index (χ3v) is 3.73. The number of allylic oxidation sites excluding steroid dienone is 5. The van der Waals surface area contributed by atoms with Gasteiger partial charge in [-0.05, 0) is 36.6 Å². The molecule has 0 heterocycles. The van der Waals surface area contributed by atoms with Gasteiger partial charge in [0.25, 0.3) is 0 Å². The Morgan fingerprint density at radius 2 is 1.96 bits per heavy atom. The van der Waals surface area contributed by atoms with Gasteiger partial charge in [0.2, 0.25) is 0 Å². The van der Waals surface area contributed by atoms with Crippen LogP contribution in [0.2, 0.25) is 0 Å². The zero-order valence-electron chi connectivity index (χ0n) is 14.4. The summed E-state index contributed by atoms with van der Waals surface area (Å²) in [6.07, 6.45) is 10.7. The highest BCUT2D eigenvalue weighted by Gasteiger charge is 2.24. The first-order chi connectivity index (χ1) is 11.6. The van der Waals surface area contributed by atoms with Crippen molar-refractivity contribution < 1.29 is 19.0 Å². The average molecular weight is 326 g/mol. The van der Waals surface area contributed by atoms with Crippen molar-refractivity contribution in [2.75, 3.05) is 14.2 Å². The van der Waals surface area contributed by atoms with Crippen LogP contribution >= 0.6 is 0 Å². The molecule has 0 bridgehead atoms. The van der Waals surface area contributed by atoms with E-state index in [0.717, 1.165) is 22.4 Å². The number of rotatable bonds is 5. The summed E-state index contributed by atoms with van der Waals surface area (Å²) in [4.78, 5) is 12.0. The van der Waals surface area contributed by atoms with Crippen LogP contribution in [-0.2, 0) is 14.3 Å². The average Bonchev–Trinajstić information content (AvgIpc) is 2.60. The van der Waals surface area contributed by atoms with Crippen molar-refractivity contribution >= 4 is 5.97 Å². The van der Waals surface area contributed by atoms with Gasteiger partial charge in [0.05, 0.1) is 32.3 Å². The molecule has 1 aliphatic carbocycles. The topological polar surface area (TPSA) is 44.8 Å². The molecule has 0 aliphatic heterocycles. The molecular formula is C20H22O4. The lowest BCUT2D eigenvalue weighted by molar-refractivity contribution is -0.136. The molecule has 24 heavy (non-hydrogen) atoms. The quantitative estimate of drug-likeness (QED) is 0.466. The van der Waals surface area contributed by atoms with E-state index in [1.54, 1.807) is 6.26 Å². The molecule has 0 saturated carbocycles. The largest absolute Gasteiger partial charge is 0.504 e. The predicted molar refractivity (Wildman–Crippen MR) is 93.5 cm³/mol. The van der Waals surface area contributed by atoms with Gasteiger partial charge < -0.3 is 14.2 Å². The van der Waals surface area contributed by atoms with Crippen LogP contribution in [0.15, 0.2) is 66.2 Å². The lowest BCUT2D eigenvalue weighted by Gasteiger charge is -2.19. The third-order valence-electron chi connectivity index (χ3n) is 3.73. The SMILES string of the molecule is COC=C(C(=O)OC)C1C=CC=CC1=COc1cc(C)ccc1C. The fourth-order valence-electron chi connectivity index (χ4n) is 2.41. The first kappa shape index (κ1) is 17.6. The van der Waals surface area contributed by atoms with Crippen LogP contribution < -0.4 is 4.74 Å². The molecule has 4 nitrogen and oxygen atoms in total. The molecule has 0 N–H and O–H groups in total. The van der Waals surface area contributed by atoms with Crippen molar-refractivity contribution in [3.05, 3.63) is 77.3 Å². The first-order valence-corrected chi connectivity index (χ1v) is 7.67. The summed E-state index contributed by atoms with van der Waals surface area (Å²) in [6.45, 7) is 4.01. The zero-order chi connectivity index (χ0) is 17.5. The lowest BCUT2D eigenvalue weighted by atomic mass is 9.89. The Labute approximate surface area is 142 Å². The third kappa shape index (κ3) is 4.16. The minimum atomic E-state index is -0.431. The number of hydrogen-bond acceptors (Lipinski definition) is 4. The second-order valence-electron chi connectivity index (χ2n) is 5.53. The van der Waals surface area contributed by atoms with Gasteiger partial charge in [0.15, 0.2) is 0 Å². The van der Waals surface area contributed by atoms with Crippen molar-refractivity contribution in [3.8, 4) is 5.75 Å². The Morgan fingerprint density at radius 3 is 2.67 bits per heavy atom. The van der Waals surface area contributed by atoms with Gasteiger partial charge in [0.1, 0.15) is 5.75 Å². The second-order valence-corrected chi connectivity index (χ2v) is 5.53. The summed E-state index contributed by atoms with van der Waals surface area (Å²) in [6, 6.07) is 6.04. The molecule has 0 amide bonds. The van der Waals surface area contributed by atoms with Gasteiger partial charge in [-0.3, -0.25) is 0 Å². The molecular weight excluding hydrogens is 304 g/mol. The highest BCUT2D eigenvalue weighted by atomic mass is 16.5. The van der Waals surface area contributed by atoms with Crippen molar-refractivity contribution in [1.82, 2.24) is 0 Å². The molecule has 0 spiro atoms. The van der Waals surface area contributed by atoms with Crippen LogP contribution in [0.5, 0.6) is 5.75 Å². The molecule has 0 fully saturated rings. The Hall–Kier alpha value is -2.75. The Balaban J connectivity index is 2.30. The van der Waals surface area contributed by atoms with Crippen LogP contribution in [0, 0.1) is 19.8 Å². The molecule has 0 radical (unpaired) electrons. The summed E-state index contributed by atoms with van der Waals surface area (Å²) in [5.41, 5.74) is 3.42. The molecule has 1 atom stereocenters. The van der Waals surface area contributed by atoms with Gasteiger partial charge in [-0.15, -0.1) is 0 Å². The van der Waals surface area contributed by atoms with E-state index < -0.39 is 5.97 Å². The highest BCUT2D eigenvalue weighted by Crippen LogP contribution is 2.28. The monoisotopic (exact) mass is 326 g/mol. The number of carbonyl (C=O) groups excluding carboxylic acids is 1. The standard InChI is InChI=1S/C20H22O4/c1-14-9-10-15(2)19(11-14)24-12-16-7-5-6-8-17(16)18(13-22-3)20(21)23-4/h5-13,17H,1-4H3. The van der Waals surface area contributed by atoms with Gasteiger partial charge >= 0.3 is 5.97 Å². The summed E-state index contributed by atoms with van der Waals surface area (Å²) in [5, 5.41) is 0. The predicted octanol–water partition coefficient (Wildman–Crippen LogP) is 4.01. The minimum absolute atomic E-state index is 0.285. The molecule has 0 saturated heterocycles. The van der Waals surface area contributed by atoms with Gasteiger partial charge in [-0.2, -0.15) is 0 Å². The number of carbonyl (C=O) groups is 1. The van der Waals surface area contributed by atoms with Crippen molar-refractivity contribution in [3.63, 3.8) is 0 Å². The summed E-state index contributed by atoms with van der Waals surface area (Å²) in [7, 11) is 2.85. The number of hydrogen-bond donors (Lipinski definition) is 0. The molecule has 1 aliphatic rings. The van der Waals surface area contributed by atoms with Crippen LogP contribution in [0.4, 0.5) is 0 Å². The maximum Gasteiger partial charge on any atom is 0.337 e. The summed E-state index contributed by atoms with van der Waals surface area (Å²) >= 11 is 0. The molecule has 1 aromatic carbocycles. The molecule has 1 aromatic rings. The molecule has 126 valence electrons. The molecule has 0 aromatic heterocycles. The van der Waals surface area contributed by atoms with E-state index in [4.69, 9.17) is 14.2 Å². The number of ether oxygens (including phenoxy) is 3. The maximum absolute atomic E-state index is 12.0. The van der Waals surface area contributed by atoms with E-state index in [2.05, 4.69) is 0 Å². The normalized spacial score (nSPS) is 18.6. The van der Waals surface area contributed by atoms with Crippen molar-refractivity contribution in [2.24, 2.45) is 5.92 Å². The Morgan fingerprint density at radius 1 is 1.17 bits per heavy atom. The minimum Gasteiger partial charge on any atom is -0.504 e. The molecule has 4 heteroatoms. The van der Waals surface area contributed by atoms with Crippen LogP contribution in [-0.4, -0.2) is 20.2 Å². The van der Waals surface area contributed by atoms with Gasteiger partial charge in [-0.25, -0.2) is 4.79 Å². The van der Waals surface area contributed by atoms with Gasteiger partial charge in [0, 0.05) is 5.92 Å². The number of esters is 1. The Bertz CT molecular complexity index is 723. The first-order valence-electron chi connectivity index (χ1n) is 7.67. The van der Waals surface area contributed by atoms with E-state index in [-0.39, 0.29) is 5.92 Å². The maximum atomic E-state index is 12.0. The summed E-state index contributed by atoms with van der Waals surface area (Å²) in [5.74, 6) is 0.0755. The van der Waals surface area contributed by atoms with E-state index in [1.165, 1.54) is 20.5 Å². The van der Waals surface area contributed by atoms with Crippen molar-refractivity contribution in [1.29, 1.82) is 0 Å². The molecule has 2 rings (SSSR count). The van der Waals surface area contributed by atoms with E-state index in [0.29, 0.717) is 5.57 Å². The van der Waals surface area contributed by atoms with E-state index in [1.807, 2.05) is 56.4 Å². The fraction of sp³-hybridized carbons (Fsp3) is 0.250. The zero-order valence-corrected chi connectivity index (χ0v) is 14.4. The van der Waals surface area contributed by atoms with E-state index in [9.17, 15) is 4.79 Å². The highest BCUT2D eigenvalue weighted by molar-refractivity contribution is 5.90. The van der Waals surface area contributed by atoms with Crippen molar-refractivity contribution in [2.45, 2.75) is 13.8 Å². The smallest absolute Gasteiger partial charge is 0.337 e. The van der Waals surface area contributed by atoms with Crippen LogP contribution in [0.1, 0.15) is 11.1 Å². The molecule has 1 unspecified atom stereocenters. The summed E-state index contributed by atoms with van der Waals surface area (Å²) < 4.78 is 15.7. The van der Waals surface area contributed by atoms with Gasteiger partial charge in [-0.1, -0.05) is 36.4 Å².